The van der Waals surface area contributed by atoms with E-state index in [0.29, 0.717) is 0 Å². The van der Waals surface area contributed by atoms with Crippen molar-refractivity contribution in [3.63, 3.8) is 0 Å². The lowest BCUT2D eigenvalue weighted by atomic mass is 9.94. The highest BCUT2D eigenvalue weighted by Gasteiger charge is 2.43. The highest BCUT2D eigenvalue weighted by molar-refractivity contribution is 8.19. The van der Waals surface area contributed by atoms with Gasteiger partial charge in [0.25, 0.3) is 5.91 Å². The number of thioether (sulfide) groups is 2. The zero-order valence-electron chi connectivity index (χ0n) is 20.3. The van der Waals surface area contributed by atoms with Gasteiger partial charge in [-0.1, -0.05) is 37.1 Å². The number of amides is 1. The molecule has 3 aliphatic rings. The van der Waals surface area contributed by atoms with Crippen molar-refractivity contribution in [3.05, 3.63) is 57.5 Å². The van der Waals surface area contributed by atoms with E-state index in [0.717, 1.165) is 56.5 Å². The van der Waals surface area contributed by atoms with Crippen LogP contribution in [0, 0.1) is 13.8 Å². The largest absolute Gasteiger partial charge is 0.497 e. The topological polar surface area (TPSA) is 45.1 Å². The monoisotopic (exact) mass is 493 g/mol. The van der Waals surface area contributed by atoms with Gasteiger partial charge in [-0.3, -0.25) is 9.69 Å². The van der Waals surface area contributed by atoms with Crippen LogP contribution in [0.25, 0.3) is 0 Å². The van der Waals surface area contributed by atoms with E-state index in [4.69, 9.17) is 9.73 Å². The Bertz CT molecular complexity index is 1180. The lowest BCUT2D eigenvalue weighted by molar-refractivity contribution is -0.124. The molecule has 5 nitrogen and oxygen atoms in total. The number of aryl methyl sites for hydroxylation is 2. The summed E-state index contributed by atoms with van der Waals surface area (Å²) in [5.74, 6) is 0.926. The number of carbonyl (C=O) groups excluding carboxylic acids is 1. The van der Waals surface area contributed by atoms with Crippen LogP contribution in [-0.4, -0.2) is 35.7 Å². The molecule has 2 aromatic carbocycles. The molecule has 0 unspecified atom stereocenters. The van der Waals surface area contributed by atoms with Gasteiger partial charge in [0.05, 0.1) is 18.5 Å². The highest BCUT2D eigenvalue weighted by Crippen LogP contribution is 2.52. The van der Waals surface area contributed by atoms with Crippen LogP contribution in [0.1, 0.15) is 50.2 Å². The second-order valence-corrected chi connectivity index (χ2v) is 11.1. The Morgan fingerprint density at radius 2 is 1.82 bits per heavy atom. The second kappa shape index (κ2) is 9.70. The van der Waals surface area contributed by atoms with Crippen molar-refractivity contribution in [1.29, 1.82) is 0 Å². The number of amidine groups is 1. The van der Waals surface area contributed by atoms with Gasteiger partial charge in [0.15, 0.2) is 5.17 Å². The van der Waals surface area contributed by atoms with Gasteiger partial charge in [0, 0.05) is 23.5 Å². The minimum atomic E-state index is 0.0974. The fourth-order valence-corrected chi connectivity index (χ4v) is 7.26. The fourth-order valence-electron chi connectivity index (χ4n) is 4.83. The molecule has 0 radical (unpaired) electrons. The third kappa shape index (κ3) is 4.24. The van der Waals surface area contributed by atoms with Crippen molar-refractivity contribution in [2.45, 2.75) is 63.8 Å². The lowest BCUT2D eigenvalue weighted by Gasteiger charge is -2.30. The highest BCUT2D eigenvalue weighted by atomic mass is 32.2. The van der Waals surface area contributed by atoms with Gasteiger partial charge in [-0.25, -0.2) is 4.99 Å². The molecule has 0 aromatic heterocycles. The van der Waals surface area contributed by atoms with Crippen molar-refractivity contribution >= 4 is 46.0 Å². The number of methoxy groups -OCH3 is 1. The molecule has 7 heteroatoms. The number of anilines is 1. The quantitative estimate of drug-likeness (QED) is 0.429. The van der Waals surface area contributed by atoms with Crippen LogP contribution in [0.15, 0.2) is 56.2 Å². The summed E-state index contributed by atoms with van der Waals surface area (Å²) in [6.45, 7) is 7.13. The molecule has 0 spiro atoms. The first-order chi connectivity index (χ1) is 16.5. The number of hydrogen-bond acceptors (Lipinski definition) is 6. The predicted molar refractivity (Wildman–Crippen MR) is 143 cm³/mol. The molecule has 1 saturated heterocycles. The molecule has 1 saturated carbocycles. The molecule has 1 aliphatic carbocycles. The third-order valence-corrected chi connectivity index (χ3v) is 9.24. The van der Waals surface area contributed by atoms with E-state index in [1.165, 1.54) is 42.2 Å². The van der Waals surface area contributed by atoms with E-state index < -0.39 is 0 Å². The zero-order chi connectivity index (χ0) is 23.8. The van der Waals surface area contributed by atoms with E-state index in [1.807, 2.05) is 11.0 Å². The summed E-state index contributed by atoms with van der Waals surface area (Å²) in [6.07, 6.45) is 5.68. The summed E-state index contributed by atoms with van der Waals surface area (Å²) in [7, 11) is 1.69. The van der Waals surface area contributed by atoms with E-state index in [9.17, 15) is 4.79 Å². The smallest absolute Gasteiger partial charge is 0.269 e. The third-order valence-electron chi connectivity index (χ3n) is 6.89. The van der Waals surface area contributed by atoms with Crippen molar-refractivity contribution in [2.75, 3.05) is 18.6 Å². The molecule has 2 fully saturated rings. The number of benzene rings is 2. The van der Waals surface area contributed by atoms with Gasteiger partial charge in [-0.15, -0.1) is 0 Å². The van der Waals surface area contributed by atoms with Crippen LogP contribution in [0.3, 0.4) is 0 Å². The van der Waals surface area contributed by atoms with Crippen LogP contribution < -0.4 is 9.64 Å². The molecule has 1 amide bonds. The molecule has 2 aliphatic heterocycles. The first-order valence-corrected chi connectivity index (χ1v) is 13.7. The van der Waals surface area contributed by atoms with Crippen LogP contribution in [0.2, 0.25) is 0 Å². The van der Waals surface area contributed by atoms with E-state index in [1.54, 1.807) is 18.9 Å². The van der Waals surface area contributed by atoms with E-state index >= 15 is 0 Å². The van der Waals surface area contributed by atoms with Gasteiger partial charge in [0.1, 0.15) is 15.7 Å². The van der Waals surface area contributed by atoms with Crippen LogP contribution in [-0.2, 0) is 4.79 Å². The van der Waals surface area contributed by atoms with Crippen LogP contribution in [0.4, 0.5) is 11.4 Å². The van der Waals surface area contributed by atoms with Crippen molar-refractivity contribution in [3.8, 4) is 5.75 Å². The maximum absolute atomic E-state index is 14.0. The Kier molecular flexibility index (Phi) is 6.67. The predicted octanol–water partition coefficient (Wildman–Crippen LogP) is 7.01. The molecule has 0 N–H and O–H groups in total. The molecule has 178 valence electrons. The number of fused-ring (bicyclic) bond motifs is 1. The number of hydrogen-bond donors (Lipinski definition) is 0. The zero-order valence-corrected chi connectivity index (χ0v) is 21.9. The molecule has 2 aromatic rings. The van der Waals surface area contributed by atoms with Gasteiger partial charge in [0.2, 0.25) is 0 Å². The van der Waals surface area contributed by atoms with Gasteiger partial charge in [-0.2, -0.15) is 0 Å². The van der Waals surface area contributed by atoms with Gasteiger partial charge >= 0.3 is 0 Å². The fraction of sp³-hybridized carbons (Fsp3) is 0.407. The Labute approximate surface area is 210 Å². The average Bonchev–Trinajstić information content (AvgIpc) is 3.38. The molecule has 34 heavy (non-hydrogen) atoms. The number of aliphatic imine (C=N–C) groups is 1. The Balaban J connectivity index is 1.57. The molecule has 0 atom stereocenters. The summed E-state index contributed by atoms with van der Waals surface area (Å²) < 4.78 is 5.46. The number of rotatable bonds is 4. The average molecular weight is 494 g/mol. The maximum atomic E-state index is 14.0. The van der Waals surface area contributed by atoms with Gasteiger partial charge < -0.3 is 9.64 Å². The standard InChI is InChI=1S/C27H31N3O2S2/c1-5-29-22-16-21(32-4)13-14-23(22)33-26(29)24-25(31)30(20-9-7-6-8-10-20)27(34-24)28-19-12-11-17(2)18(3)15-19/h11-16,20H,5-10H2,1-4H3. The minimum absolute atomic E-state index is 0.0974. The molecular formula is C27H31N3O2S2. The van der Waals surface area contributed by atoms with Crippen molar-refractivity contribution in [1.82, 2.24) is 4.90 Å². The Morgan fingerprint density at radius 1 is 1.03 bits per heavy atom. The van der Waals surface area contributed by atoms with Crippen molar-refractivity contribution in [2.24, 2.45) is 4.99 Å². The first kappa shape index (κ1) is 23.4. The number of nitrogens with zero attached hydrogens (tertiary/aromatic N) is 3. The summed E-state index contributed by atoms with van der Waals surface area (Å²) in [5, 5.41) is 1.82. The summed E-state index contributed by atoms with van der Waals surface area (Å²) >= 11 is 3.21. The van der Waals surface area contributed by atoms with Crippen LogP contribution in [0.5, 0.6) is 5.75 Å². The minimum Gasteiger partial charge on any atom is -0.497 e. The molecular weight excluding hydrogens is 462 g/mol. The second-order valence-electron chi connectivity index (χ2n) is 9.05. The first-order valence-electron chi connectivity index (χ1n) is 12.0. The summed E-state index contributed by atoms with van der Waals surface area (Å²) in [4.78, 5) is 25.1. The summed E-state index contributed by atoms with van der Waals surface area (Å²) in [5.41, 5.74) is 4.48. The van der Waals surface area contributed by atoms with Gasteiger partial charge in [-0.05, 0) is 80.8 Å². The number of carbonyl (C=O) groups is 1. The SMILES string of the molecule is CCN1C(=C2SC(=Nc3ccc(C)c(C)c3)N(C3CCCCC3)C2=O)Sc2ccc(OC)cc21. The van der Waals surface area contributed by atoms with E-state index in [2.05, 4.69) is 56.0 Å². The van der Waals surface area contributed by atoms with Crippen molar-refractivity contribution < 1.29 is 9.53 Å². The number of ether oxygens (including phenoxy) is 1. The van der Waals surface area contributed by atoms with E-state index in [-0.39, 0.29) is 11.9 Å². The molecule has 5 rings (SSSR count). The Hall–Kier alpha value is -2.38. The Morgan fingerprint density at radius 3 is 2.53 bits per heavy atom. The molecule has 2 heterocycles. The molecule has 0 bridgehead atoms. The maximum Gasteiger partial charge on any atom is 0.269 e. The normalized spacial score (nSPS) is 22.1. The lowest BCUT2D eigenvalue weighted by Crippen LogP contribution is -2.40. The van der Waals surface area contributed by atoms with Crippen LogP contribution >= 0.6 is 23.5 Å². The summed E-state index contributed by atoms with van der Waals surface area (Å²) in [6, 6.07) is 12.6.